The largest absolute Gasteiger partial charge is 0.481 e. The molecule has 0 bridgehead atoms. The summed E-state index contributed by atoms with van der Waals surface area (Å²) in [6, 6.07) is -2.31. The highest BCUT2D eigenvalue weighted by molar-refractivity contribution is 5.91. The zero-order chi connectivity index (χ0) is 63.8. The maximum Gasteiger partial charge on any atom is 0.326 e. The van der Waals surface area contributed by atoms with E-state index in [0.29, 0.717) is 25.9 Å². The Balaban J connectivity index is 3.80. The van der Waals surface area contributed by atoms with Crippen molar-refractivity contribution < 1.29 is 116 Å². The van der Waals surface area contributed by atoms with E-state index < -0.39 is 77.6 Å². The van der Waals surface area contributed by atoms with Gasteiger partial charge in [0.15, 0.2) is 11.6 Å². The summed E-state index contributed by atoms with van der Waals surface area (Å²) in [5, 5.41) is 49.4. The summed E-state index contributed by atoms with van der Waals surface area (Å²) in [6.07, 6.45) is 8.61. The van der Waals surface area contributed by atoms with Crippen molar-refractivity contribution in [3.63, 3.8) is 0 Å². The van der Waals surface area contributed by atoms with E-state index in [2.05, 4.69) is 26.6 Å². The van der Waals surface area contributed by atoms with Crippen LogP contribution in [0.2, 0.25) is 0 Å². The molecule has 0 aromatic rings. The minimum atomic E-state index is -1.30. The van der Waals surface area contributed by atoms with Gasteiger partial charge in [-0.25, -0.2) is 4.79 Å². The molecule has 11 N–H and O–H groups in total. The third-order valence-corrected chi connectivity index (χ3v) is 12.4. The highest BCUT2D eigenvalue weighted by atomic mass is 16.5. The van der Waals surface area contributed by atoms with Gasteiger partial charge in [-0.1, -0.05) is 51.4 Å². The zero-order valence-corrected chi connectivity index (χ0v) is 49.8. The zero-order valence-electron chi connectivity index (χ0n) is 49.8. The minimum Gasteiger partial charge on any atom is -0.481 e. The molecule has 0 rings (SSSR count). The standard InChI is InChI=1S/C56H96N6O24/c57-37-47(65)45(18-20-54(73)74)61-52(70)41-86-35-31-82-27-23-60-51(69)40-85-34-30-81-26-22-59-50(68)39-84-33-28-79-24-11-12-44(64)38-83-32-29-80-25-21-58-48(66)19-15-42(55(75)76)36-43(63)16-17-46(56(77)78)62-49(67)13-9-7-5-3-1-2-4-6-8-10-14-53(71)72/h42,45-46H,1-41,57H2,(H,58,66)(H,59,68)(H,60,69)(H,61,70)(H,62,67)(H,71,72)(H,73,74)(H,75,76)(H,77,78)/t42-,45+,46+/m1/s1. The number of amides is 5. The van der Waals surface area contributed by atoms with Crippen LogP contribution in [0.15, 0.2) is 0 Å². The quantitative estimate of drug-likeness (QED) is 0.0365. The molecule has 0 aromatic carbocycles. The number of carboxylic acid groups (broad SMARTS) is 4. The van der Waals surface area contributed by atoms with E-state index in [1.54, 1.807) is 0 Å². The summed E-state index contributed by atoms with van der Waals surface area (Å²) in [5.41, 5.74) is 5.31. The highest BCUT2D eigenvalue weighted by Gasteiger charge is 2.26. The average Bonchev–Trinajstić information content (AvgIpc) is 3.65. The fourth-order valence-corrected chi connectivity index (χ4v) is 7.74. The van der Waals surface area contributed by atoms with Crippen LogP contribution in [0, 0.1) is 5.92 Å². The molecule has 0 heterocycles. The second-order valence-corrected chi connectivity index (χ2v) is 19.8. The molecule has 0 fully saturated rings. The summed E-state index contributed by atoms with van der Waals surface area (Å²) in [5.74, 6) is -8.96. The van der Waals surface area contributed by atoms with Crippen LogP contribution >= 0.6 is 0 Å². The Morgan fingerprint density at radius 3 is 1.23 bits per heavy atom. The van der Waals surface area contributed by atoms with Crippen molar-refractivity contribution >= 4 is 70.8 Å². The maximum absolute atomic E-state index is 12.6. The Kier molecular flexibility index (Phi) is 51.5. The number of carboxylic acids is 4. The first-order valence-electron chi connectivity index (χ1n) is 29.5. The molecule has 5 amide bonds. The number of nitrogens with two attached hydrogens (primary N) is 1. The van der Waals surface area contributed by atoms with Crippen molar-refractivity contribution in [2.24, 2.45) is 11.7 Å². The van der Waals surface area contributed by atoms with Crippen LogP contribution in [0.25, 0.3) is 0 Å². The fourth-order valence-electron chi connectivity index (χ4n) is 7.74. The molecule has 0 aliphatic heterocycles. The van der Waals surface area contributed by atoms with Crippen LogP contribution in [-0.4, -0.2) is 235 Å². The van der Waals surface area contributed by atoms with Crippen LogP contribution in [0.5, 0.6) is 0 Å². The number of rotatable bonds is 63. The number of ketones is 3. The van der Waals surface area contributed by atoms with Gasteiger partial charge in [0.2, 0.25) is 29.5 Å². The number of carbonyl (C=O) groups is 12. The van der Waals surface area contributed by atoms with Crippen LogP contribution in [0.4, 0.5) is 0 Å². The predicted octanol–water partition coefficient (Wildman–Crippen LogP) is 0.250. The van der Waals surface area contributed by atoms with Crippen molar-refractivity contribution in [2.45, 2.75) is 147 Å². The molecule has 0 saturated carbocycles. The minimum absolute atomic E-state index is 0.0586. The van der Waals surface area contributed by atoms with Gasteiger partial charge >= 0.3 is 23.9 Å². The smallest absolute Gasteiger partial charge is 0.326 e. The third kappa shape index (κ3) is 52.2. The van der Waals surface area contributed by atoms with Gasteiger partial charge in [0.25, 0.3) is 0 Å². The highest BCUT2D eigenvalue weighted by Crippen LogP contribution is 2.16. The molecule has 494 valence electrons. The summed E-state index contributed by atoms with van der Waals surface area (Å²) in [7, 11) is 0. The SMILES string of the molecule is NCC(=O)[C@H](CCC(=O)O)NC(=O)COCCOCCNC(=O)COCCOCCNC(=O)COCCOCCCC(=O)COCCOCCNC(=O)CC[C@H](CC(=O)CC[C@H](NC(=O)CCCCCCCCCCCCC(=O)O)C(=O)O)C(=O)O. The number of ether oxygens (including phenoxy) is 8. The normalized spacial score (nSPS) is 12.1. The molecule has 0 unspecified atom stereocenters. The number of hydrogen-bond donors (Lipinski definition) is 10. The van der Waals surface area contributed by atoms with Crippen molar-refractivity contribution in [3.05, 3.63) is 0 Å². The van der Waals surface area contributed by atoms with Gasteiger partial charge in [-0.3, -0.25) is 52.7 Å². The van der Waals surface area contributed by atoms with Gasteiger partial charge in [-0.2, -0.15) is 0 Å². The van der Waals surface area contributed by atoms with Crippen LogP contribution < -0.4 is 32.3 Å². The van der Waals surface area contributed by atoms with Crippen LogP contribution in [-0.2, 0) is 95.4 Å². The molecule has 0 radical (unpaired) electrons. The summed E-state index contributed by atoms with van der Waals surface area (Å²) < 4.78 is 42.6. The lowest BCUT2D eigenvalue weighted by molar-refractivity contribution is -0.145. The van der Waals surface area contributed by atoms with E-state index in [-0.39, 0.29) is 201 Å². The van der Waals surface area contributed by atoms with Gasteiger partial charge in [0.05, 0.1) is 91.2 Å². The Hall–Kier alpha value is -6.12. The molecular weight excluding hydrogens is 1140 g/mol. The first-order valence-corrected chi connectivity index (χ1v) is 29.5. The molecule has 0 aromatic heterocycles. The Labute approximate surface area is 502 Å². The van der Waals surface area contributed by atoms with Gasteiger partial charge < -0.3 is 90.6 Å². The number of unbranched alkanes of at least 4 members (excludes halogenated alkanes) is 9. The van der Waals surface area contributed by atoms with E-state index >= 15 is 0 Å². The number of nitrogens with one attached hydrogen (secondary N) is 5. The van der Waals surface area contributed by atoms with E-state index in [4.69, 9.17) is 53.8 Å². The van der Waals surface area contributed by atoms with Crippen LogP contribution in [0.1, 0.15) is 135 Å². The van der Waals surface area contributed by atoms with Gasteiger partial charge in [-0.15, -0.1) is 0 Å². The van der Waals surface area contributed by atoms with E-state index in [1.807, 2.05) is 0 Å². The van der Waals surface area contributed by atoms with Gasteiger partial charge in [-0.05, 0) is 38.5 Å². The van der Waals surface area contributed by atoms with Gasteiger partial charge in [0.1, 0.15) is 38.3 Å². The second-order valence-electron chi connectivity index (χ2n) is 19.8. The lowest BCUT2D eigenvalue weighted by Crippen LogP contribution is -2.45. The van der Waals surface area contributed by atoms with Crippen molar-refractivity contribution in [1.29, 1.82) is 0 Å². The summed E-state index contributed by atoms with van der Waals surface area (Å²) >= 11 is 0. The molecule has 0 saturated heterocycles. The molecule has 30 nitrogen and oxygen atoms in total. The van der Waals surface area contributed by atoms with Crippen molar-refractivity contribution in [3.8, 4) is 0 Å². The summed E-state index contributed by atoms with van der Waals surface area (Å²) in [4.78, 5) is 142. The monoisotopic (exact) mass is 1240 g/mol. The van der Waals surface area contributed by atoms with Crippen LogP contribution in [0.3, 0.4) is 0 Å². The Morgan fingerprint density at radius 2 is 0.756 bits per heavy atom. The van der Waals surface area contributed by atoms with Gasteiger partial charge in [0, 0.05) is 71.2 Å². The number of aliphatic carboxylic acids is 4. The molecule has 86 heavy (non-hydrogen) atoms. The van der Waals surface area contributed by atoms with Crippen molar-refractivity contribution in [2.75, 3.05) is 132 Å². The molecule has 0 spiro atoms. The first kappa shape index (κ1) is 79.9. The predicted molar refractivity (Wildman–Crippen MR) is 305 cm³/mol. The third-order valence-electron chi connectivity index (χ3n) is 12.4. The Morgan fingerprint density at radius 1 is 0.337 bits per heavy atom. The van der Waals surface area contributed by atoms with E-state index in [1.165, 1.54) is 0 Å². The average molecular weight is 1240 g/mol. The first-order chi connectivity index (χ1) is 41.3. The lowest BCUT2D eigenvalue weighted by Gasteiger charge is -2.16. The maximum atomic E-state index is 12.6. The van der Waals surface area contributed by atoms with E-state index in [0.717, 1.165) is 51.4 Å². The topological polar surface area (TPSA) is 446 Å². The number of Topliss-reactive ketones (excluding diaryl/α,β-unsaturated/α-hetero) is 3. The number of hydrogen-bond acceptors (Lipinski definition) is 21. The second kappa shape index (κ2) is 55.5. The fraction of sp³-hybridized carbons (Fsp3) is 0.786. The molecule has 3 atom stereocenters. The lowest BCUT2D eigenvalue weighted by atomic mass is 9.94. The summed E-state index contributed by atoms with van der Waals surface area (Å²) in [6.45, 7) is 1.29. The molecule has 0 aliphatic rings. The Bertz CT molecular complexity index is 1960. The van der Waals surface area contributed by atoms with E-state index in [9.17, 15) is 67.7 Å². The molecule has 30 heteroatoms. The molecular formula is C56H96N6O24. The number of carbonyl (C=O) groups excluding carboxylic acids is 8. The van der Waals surface area contributed by atoms with Crippen molar-refractivity contribution in [1.82, 2.24) is 26.6 Å². The molecule has 0 aliphatic carbocycles.